The van der Waals surface area contributed by atoms with Crippen molar-refractivity contribution in [1.82, 2.24) is 4.57 Å². The van der Waals surface area contributed by atoms with E-state index in [9.17, 15) is 14.4 Å². The van der Waals surface area contributed by atoms with Crippen LogP contribution in [0.3, 0.4) is 0 Å². The van der Waals surface area contributed by atoms with Crippen LogP contribution < -0.4 is 10.1 Å². The minimum absolute atomic E-state index is 0.0848. The molecule has 0 radical (unpaired) electrons. The number of thiophene rings is 1. The van der Waals surface area contributed by atoms with Crippen molar-refractivity contribution in [2.75, 3.05) is 23.4 Å². The van der Waals surface area contributed by atoms with E-state index in [1.807, 2.05) is 28.8 Å². The number of aromatic nitrogens is 1. The Kier molecular flexibility index (Phi) is 9.17. The maximum atomic E-state index is 12.7. The first-order chi connectivity index (χ1) is 17.5. The number of thioether (sulfide) groups is 1. The molecule has 1 aliphatic carbocycles. The Morgan fingerprint density at radius 3 is 2.78 bits per heavy atom. The Hall–Kier alpha value is -2.69. The van der Waals surface area contributed by atoms with Crippen molar-refractivity contribution in [3.8, 4) is 0 Å². The van der Waals surface area contributed by atoms with Crippen LogP contribution in [-0.2, 0) is 33.7 Å². The normalized spacial score (nSPS) is 13.8. The van der Waals surface area contributed by atoms with E-state index in [1.54, 1.807) is 13.0 Å². The molecular formula is C26H29N3O4S3. The molecule has 3 aromatic rings. The fourth-order valence-electron chi connectivity index (χ4n) is 4.19. The summed E-state index contributed by atoms with van der Waals surface area (Å²) in [6.07, 6.45) is 6.75. The quantitative estimate of drug-likeness (QED) is 0.228. The minimum atomic E-state index is -0.384. The zero-order chi connectivity index (χ0) is 25.5. The number of thiazole rings is 1. The molecule has 7 nitrogen and oxygen atoms in total. The number of esters is 1. The molecule has 0 atom stereocenters. The van der Waals surface area contributed by atoms with Crippen LogP contribution in [-0.4, -0.2) is 40.5 Å². The number of rotatable bonds is 9. The highest BCUT2D eigenvalue weighted by molar-refractivity contribution is 8.00. The van der Waals surface area contributed by atoms with Crippen molar-refractivity contribution in [3.05, 3.63) is 57.7 Å². The number of carbonyl (C=O) groups excluding carboxylic acids is 3. The second-order valence-electron chi connectivity index (χ2n) is 8.29. The molecule has 0 fully saturated rings. The van der Waals surface area contributed by atoms with Crippen LogP contribution in [0.1, 0.15) is 47.0 Å². The molecule has 1 N–H and O–H groups in total. The van der Waals surface area contributed by atoms with Crippen LogP contribution in [0.5, 0.6) is 0 Å². The number of ether oxygens (including phenoxy) is 1. The van der Waals surface area contributed by atoms with Crippen molar-refractivity contribution in [3.63, 3.8) is 0 Å². The van der Waals surface area contributed by atoms with Gasteiger partial charge in [0.2, 0.25) is 5.91 Å². The van der Waals surface area contributed by atoms with Crippen molar-refractivity contribution >= 4 is 67.4 Å². The Morgan fingerprint density at radius 2 is 1.97 bits per heavy atom. The SMILES string of the molecule is C=CCn1c(=NC(=O)CSCC(=O)Nc2sc3c(c2C(=O)OCC)CCCCC3)sc2ccccc21. The highest BCUT2D eigenvalue weighted by atomic mass is 32.2. The lowest BCUT2D eigenvalue weighted by atomic mass is 10.1. The van der Waals surface area contributed by atoms with Gasteiger partial charge in [-0.05, 0) is 50.3 Å². The number of aryl methyl sites for hydroxylation is 1. The third kappa shape index (κ3) is 6.16. The first kappa shape index (κ1) is 26.4. The van der Waals surface area contributed by atoms with Gasteiger partial charge in [0, 0.05) is 11.4 Å². The lowest BCUT2D eigenvalue weighted by Crippen LogP contribution is -2.19. The van der Waals surface area contributed by atoms with Gasteiger partial charge in [-0.1, -0.05) is 36.0 Å². The summed E-state index contributed by atoms with van der Waals surface area (Å²) >= 11 is 4.13. The number of hydrogen-bond donors (Lipinski definition) is 1. The number of anilines is 1. The van der Waals surface area contributed by atoms with Crippen molar-refractivity contribution < 1.29 is 19.1 Å². The molecule has 0 bridgehead atoms. The summed E-state index contributed by atoms with van der Waals surface area (Å²) < 4.78 is 8.28. The second-order valence-corrected chi connectivity index (χ2v) is 11.4. The molecule has 1 aliphatic rings. The minimum Gasteiger partial charge on any atom is -0.462 e. The predicted octanol–water partition coefficient (Wildman–Crippen LogP) is 5.20. The Labute approximate surface area is 222 Å². The van der Waals surface area contributed by atoms with Gasteiger partial charge < -0.3 is 14.6 Å². The standard InChI is InChI=1S/C26H29N3O4S3/c1-3-14-29-18-11-8-9-13-20(18)36-26(29)28-22(31)16-34-15-21(30)27-24-23(25(32)33-4-2)17-10-6-5-7-12-19(17)35-24/h3,8-9,11,13H,1,4-7,10,12,14-16H2,2H3,(H,27,30). The van der Waals surface area contributed by atoms with Crippen LogP contribution in [0.2, 0.25) is 0 Å². The third-order valence-corrected chi connectivity index (χ3v) is 8.92. The smallest absolute Gasteiger partial charge is 0.341 e. The monoisotopic (exact) mass is 543 g/mol. The van der Waals surface area contributed by atoms with E-state index in [2.05, 4.69) is 16.9 Å². The highest BCUT2D eigenvalue weighted by Gasteiger charge is 2.26. The summed E-state index contributed by atoms with van der Waals surface area (Å²) in [5.41, 5.74) is 2.52. The highest BCUT2D eigenvalue weighted by Crippen LogP contribution is 2.38. The molecule has 10 heteroatoms. The van der Waals surface area contributed by atoms with Gasteiger partial charge in [0.15, 0.2) is 4.80 Å². The van der Waals surface area contributed by atoms with Gasteiger partial charge in [-0.15, -0.1) is 29.7 Å². The van der Waals surface area contributed by atoms with Crippen molar-refractivity contribution in [1.29, 1.82) is 0 Å². The number of nitrogens with one attached hydrogen (secondary N) is 1. The van der Waals surface area contributed by atoms with Crippen LogP contribution in [0.25, 0.3) is 10.2 Å². The summed E-state index contributed by atoms with van der Waals surface area (Å²) in [4.78, 5) is 44.0. The number of para-hydroxylation sites is 1. The van der Waals surface area contributed by atoms with Gasteiger partial charge in [0.1, 0.15) is 5.00 Å². The Morgan fingerprint density at radius 1 is 1.17 bits per heavy atom. The fourth-order valence-corrected chi connectivity index (χ4v) is 7.14. The first-order valence-electron chi connectivity index (χ1n) is 12.0. The largest absolute Gasteiger partial charge is 0.462 e. The fraction of sp³-hybridized carbons (Fsp3) is 0.385. The number of nitrogens with zero attached hydrogens (tertiary/aromatic N) is 2. The van der Waals surface area contributed by atoms with Crippen LogP contribution in [0.4, 0.5) is 5.00 Å². The van der Waals surface area contributed by atoms with Gasteiger partial charge in [0.05, 0.1) is 33.9 Å². The number of allylic oxidation sites excluding steroid dienone is 1. The summed E-state index contributed by atoms with van der Waals surface area (Å²) in [6, 6.07) is 7.90. The van der Waals surface area contributed by atoms with Crippen LogP contribution >= 0.6 is 34.4 Å². The maximum Gasteiger partial charge on any atom is 0.341 e. The van der Waals surface area contributed by atoms with Gasteiger partial charge in [-0.2, -0.15) is 4.99 Å². The number of fused-ring (bicyclic) bond motifs is 2. The van der Waals surface area contributed by atoms with Gasteiger partial charge >= 0.3 is 5.97 Å². The molecule has 190 valence electrons. The van der Waals surface area contributed by atoms with E-state index < -0.39 is 0 Å². The average molecular weight is 544 g/mol. The average Bonchev–Trinajstić information content (AvgIpc) is 3.27. The number of benzene rings is 1. The summed E-state index contributed by atoms with van der Waals surface area (Å²) in [6.45, 7) is 6.41. The molecule has 0 aliphatic heterocycles. The lowest BCUT2D eigenvalue weighted by molar-refractivity contribution is -0.115. The van der Waals surface area contributed by atoms with E-state index in [0.717, 1.165) is 52.8 Å². The molecular weight excluding hydrogens is 515 g/mol. The molecule has 1 aromatic carbocycles. The number of hydrogen-bond acceptors (Lipinski definition) is 7. The molecule has 36 heavy (non-hydrogen) atoms. The van der Waals surface area contributed by atoms with Crippen LogP contribution in [0, 0.1) is 0 Å². The summed E-state index contributed by atoms with van der Waals surface area (Å²) in [7, 11) is 0. The third-order valence-electron chi connectivity index (χ3n) is 5.73. The molecule has 2 heterocycles. The van der Waals surface area contributed by atoms with E-state index in [-0.39, 0.29) is 35.9 Å². The lowest BCUT2D eigenvalue weighted by Gasteiger charge is -2.08. The molecule has 0 saturated carbocycles. The van der Waals surface area contributed by atoms with Gasteiger partial charge in [-0.25, -0.2) is 4.79 Å². The Balaban J connectivity index is 1.41. The zero-order valence-corrected chi connectivity index (χ0v) is 22.7. The molecule has 4 rings (SSSR count). The zero-order valence-electron chi connectivity index (χ0n) is 20.2. The van der Waals surface area contributed by atoms with Gasteiger partial charge in [-0.3, -0.25) is 9.59 Å². The predicted molar refractivity (Wildman–Crippen MR) is 148 cm³/mol. The molecule has 2 amide bonds. The molecule has 0 unspecified atom stereocenters. The van der Waals surface area contributed by atoms with Gasteiger partial charge in [0.25, 0.3) is 5.91 Å². The molecule has 2 aromatic heterocycles. The van der Waals surface area contributed by atoms with Crippen molar-refractivity contribution in [2.45, 2.75) is 45.6 Å². The first-order valence-corrected chi connectivity index (χ1v) is 14.8. The van der Waals surface area contributed by atoms with E-state index in [1.165, 1.54) is 34.4 Å². The van der Waals surface area contributed by atoms with E-state index in [0.29, 0.717) is 21.9 Å². The summed E-state index contributed by atoms with van der Waals surface area (Å²) in [5.74, 6) is -0.761. The van der Waals surface area contributed by atoms with Crippen molar-refractivity contribution in [2.24, 2.45) is 4.99 Å². The Bertz CT molecular complexity index is 1350. The van der Waals surface area contributed by atoms with E-state index >= 15 is 0 Å². The topological polar surface area (TPSA) is 89.8 Å². The maximum absolute atomic E-state index is 12.7. The molecule has 0 spiro atoms. The van der Waals surface area contributed by atoms with E-state index in [4.69, 9.17) is 4.74 Å². The van der Waals surface area contributed by atoms with Crippen LogP contribution in [0.15, 0.2) is 41.9 Å². The number of carbonyl (C=O) groups is 3. The second kappa shape index (κ2) is 12.5. The molecule has 0 saturated heterocycles. The number of amides is 2. The summed E-state index contributed by atoms with van der Waals surface area (Å²) in [5, 5.41) is 3.45.